The molecule has 0 aliphatic rings. The highest BCUT2D eigenvalue weighted by atomic mass is 32.2. The first-order valence-electron chi connectivity index (χ1n) is 5.73. The molecule has 20 heavy (non-hydrogen) atoms. The number of carbonyl (C=O) groups is 2. The summed E-state index contributed by atoms with van der Waals surface area (Å²) in [6.45, 7) is 1.87. The molecule has 0 fully saturated rings. The zero-order valence-electron chi connectivity index (χ0n) is 10.6. The van der Waals surface area contributed by atoms with E-state index in [0.717, 1.165) is 10.6 Å². The third-order valence-electron chi connectivity index (χ3n) is 2.34. The first-order chi connectivity index (χ1) is 9.54. The number of nitrogens with one attached hydrogen (secondary N) is 1. The van der Waals surface area contributed by atoms with Gasteiger partial charge in [-0.25, -0.2) is 9.78 Å². The van der Waals surface area contributed by atoms with Crippen LogP contribution >= 0.6 is 23.1 Å². The molecule has 1 heterocycles. The van der Waals surface area contributed by atoms with Gasteiger partial charge in [-0.05, 0) is 31.2 Å². The maximum atomic E-state index is 11.7. The van der Waals surface area contributed by atoms with E-state index in [9.17, 15) is 9.59 Å². The third kappa shape index (κ3) is 4.07. The number of anilines is 1. The Morgan fingerprint density at radius 3 is 2.60 bits per heavy atom. The normalized spacial score (nSPS) is 10.2. The van der Waals surface area contributed by atoms with Gasteiger partial charge >= 0.3 is 5.97 Å². The number of hydrogen-bond acceptors (Lipinski definition) is 5. The number of thioether (sulfide) groups is 1. The lowest BCUT2D eigenvalue weighted by Crippen LogP contribution is -2.13. The van der Waals surface area contributed by atoms with Gasteiger partial charge in [-0.15, -0.1) is 23.1 Å². The molecule has 0 radical (unpaired) electrons. The van der Waals surface area contributed by atoms with E-state index in [0.29, 0.717) is 5.13 Å². The van der Waals surface area contributed by atoms with Gasteiger partial charge < -0.3 is 10.4 Å². The van der Waals surface area contributed by atoms with Gasteiger partial charge in [-0.3, -0.25) is 4.79 Å². The van der Waals surface area contributed by atoms with Crippen LogP contribution in [0, 0.1) is 6.92 Å². The number of aromatic carboxylic acids is 1. The molecular weight excluding hydrogens is 296 g/mol. The molecule has 0 atom stereocenters. The number of amides is 1. The highest BCUT2D eigenvalue weighted by molar-refractivity contribution is 8.00. The fraction of sp³-hybridized carbons (Fsp3) is 0.154. The lowest BCUT2D eigenvalue weighted by atomic mass is 10.2. The molecule has 104 valence electrons. The largest absolute Gasteiger partial charge is 0.478 e. The first kappa shape index (κ1) is 14.5. The van der Waals surface area contributed by atoms with Crippen LogP contribution in [0.5, 0.6) is 0 Å². The van der Waals surface area contributed by atoms with E-state index in [1.54, 1.807) is 12.1 Å². The Morgan fingerprint density at radius 2 is 2.05 bits per heavy atom. The summed E-state index contributed by atoms with van der Waals surface area (Å²) in [6.07, 6.45) is 0. The number of thiazole rings is 1. The van der Waals surface area contributed by atoms with E-state index < -0.39 is 5.97 Å². The fourth-order valence-electron chi connectivity index (χ4n) is 1.41. The average Bonchev–Trinajstić information content (AvgIpc) is 2.82. The molecule has 0 aliphatic heterocycles. The van der Waals surface area contributed by atoms with Crippen molar-refractivity contribution in [2.45, 2.75) is 11.8 Å². The number of hydrogen-bond donors (Lipinski definition) is 2. The van der Waals surface area contributed by atoms with Crippen molar-refractivity contribution in [1.82, 2.24) is 4.98 Å². The number of carboxylic acid groups (broad SMARTS) is 1. The molecule has 1 aromatic heterocycles. The Hall–Kier alpha value is -1.86. The molecule has 0 spiro atoms. The minimum atomic E-state index is -0.960. The van der Waals surface area contributed by atoms with Crippen LogP contribution in [0.25, 0.3) is 0 Å². The number of rotatable bonds is 5. The highest BCUT2D eigenvalue weighted by Gasteiger charge is 2.07. The minimum absolute atomic E-state index is 0.133. The Morgan fingerprint density at radius 1 is 1.35 bits per heavy atom. The second kappa shape index (κ2) is 6.53. The quantitative estimate of drug-likeness (QED) is 0.830. The molecule has 2 rings (SSSR count). The Kier molecular flexibility index (Phi) is 4.75. The topological polar surface area (TPSA) is 79.3 Å². The number of carbonyl (C=O) groups excluding carboxylic acids is 1. The van der Waals surface area contributed by atoms with Crippen LogP contribution in [0.2, 0.25) is 0 Å². The lowest BCUT2D eigenvalue weighted by Gasteiger charge is -2.02. The van der Waals surface area contributed by atoms with E-state index >= 15 is 0 Å². The summed E-state index contributed by atoms with van der Waals surface area (Å²) in [4.78, 5) is 27.4. The number of nitrogens with zero attached hydrogens (tertiary/aromatic N) is 1. The Bertz CT molecular complexity index is 623. The molecule has 1 aromatic carbocycles. The molecule has 2 N–H and O–H groups in total. The van der Waals surface area contributed by atoms with Crippen molar-refractivity contribution in [3.05, 3.63) is 40.9 Å². The van der Waals surface area contributed by atoms with Gasteiger partial charge in [0.15, 0.2) is 5.13 Å². The molecule has 0 saturated carbocycles. The summed E-state index contributed by atoms with van der Waals surface area (Å²) >= 11 is 2.73. The molecule has 0 saturated heterocycles. The maximum absolute atomic E-state index is 11.7. The number of benzene rings is 1. The van der Waals surface area contributed by atoms with Crippen LogP contribution in [-0.4, -0.2) is 27.7 Å². The van der Waals surface area contributed by atoms with Crippen molar-refractivity contribution >= 4 is 40.1 Å². The van der Waals surface area contributed by atoms with Gasteiger partial charge in [0.25, 0.3) is 0 Å². The number of carboxylic acids is 1. The highest BCUT2D eigenvalue weighted by Crippen LogP contribution is 2.20. The summed E-state index contributed by atoms with van der Waals surface area (Å²) in [5.74, 6) is -0.838. The third-order valence-corrected chi connectivity index (χ3v) is 4.22. The van der Waals surface area contributed by atoms with E-state index in [-0.39, 0.29) is 17.2 Å². The van der Waals surface area contributed by atoms with Crippen molar-refractivity contribution in [1.29, 1.82) is 0 Å². The van der Waals surface area contributed by atoms with Gasteiger partial charge in [0.2, 0.25) is 5.91 Å². The second-order valence-electron chi connectivity index (χ2n) is 3.96. The molecule has 5 nitrogen and oxygen atoms in total. The molecule has 0 unspecified atom stereocenters. The van der Waals surface area contributed by atoms with Gasteiger partial charge in [0.1, 0.15) is 0 Å². The van der Waals surface area contributed by atoms with Crippen molar-refractivity contribution in [3.63, 3.8) is 0 Å². The maximum Gasteiger partial charge on any atom is 0.335 e. The Balaban J connectivity index is 1.85. The predicted molar refractivity (Wildman–Crippen MR) is 79.6 cm³/mol. The molecular formula is C13H12N2O3S2. The zero-order chi connectivity index (χ0) is 14.5. The van der Waals surface area contributed by atoms with Crippen LogP contribution in [-0.2, 0) is 4.79 Å². The van der Waals surface area contributed by atoms with E-state index in [1.807, 2.05) is 12.3 Å². The van der Waals surface area contributed by atoms with E-state index in [2.05, 4.69) is 10.3 Å². The van der Waals surface area contributed by atoms with E-state index in [4.69, 9.17) is 5.11 Å². The van der Waals surface area contributed by atoms with Crippen LogP contribution < -0.4 is 5.32 Å². The van der Waals surface area contributed by atoms with Crippen molar-refractivity contribution in [2.75, 3.05) is 11.1 Å². The Labute approximate surface area is 124 Å². The molecule has 0 aliphatic carbocycles. The van der Waals surface area contributed by atoms with Crippen LogP contribution in [0.4, 0.5) is 5.13 Å². The van der Waals surface area contributed by atoms with Gasteiger partial charge in [0, 0.05) is 10.3 Å². The van der Waals surface area contributed by atoms with Gasteiger partial charge in [-0.1, -0.05) is 0 Å². The van der Waals surface area contributed by atoms with Crippen molar-refractivity contribution in [3.8, 4) is 0 Å². The lowest BCUT2D eigenvalue weighted by molar-refractivity contribution is -0.113. The van der Waals surface area contributed by atoms with E-state index in [1.165, 1.54) is 35.2 Å². The second-order valence-corrected chi connectivity index (χ2v) is 5.87. The minimum Gasteiger partial charge on any atom is -0.478 e. The number of aryl methyl sites for hydroxylation is 1. The summed E-state index contributed by atoms with van der Waals surface area (Å²) in [5.41, 5.74) is 1.11. The fourth-order valence-corrected chi connectivity index (χ4v) is 2.81. The van der Waals surface area contributed by atoms with Crippen molar-refractivity contribution < 1.29 is 14.7 Å². The zero-order valence-corrected chi connectivity index (χ0v) is 12.3. The van der Waals surface area contributed by atoms with Crippen LogP contribution in [0.3, 0.4) is 0 Å². The summed E-state index contributed by atoms with van der Waals surface area (Å²) in [5, 5.41) is 14.0. The molecule has 0 bridgehead atoms. The summed E-state index contributed by atoms with van der Waals surface area (Å²) in [6, 6.07) is 6.42. The molecule has 2 aromatic rings. The predicted octanol–water partition coefficient (Wildman–Crippen LogP) is 2.88. The van der Waals surface area contributed by atoms with Crippen LogP contribution in [0.1, 0.15) is 16.1 Å². The summed E-state index contributed by atoms with van der Waals surface area (Å²) in [7, 11) is 0. The van der Waals surface area contributed by atoms with Gasteiger partial charge in [0.05, 0.1) is 17.0 Å². The summed E-state index contributed by atoms with van der Waals surface area (Å²) < 4.78 is 0. The smallest absolute Gasteiger partial charge is 0.335 e. The SMILES string of the molecule is Cc1csc(NC(=O)CSc2ccc(C(=O)O)cc2)n1. The number of aromatic nitrogens is 1. The average molecular weight is 308 g/mol. The van der Waals surface area contributed by atoms with Crippen molar-refractivity contribution in [2.24, 2.45) is 0 Å². The standard InChI is InChI=1S/C13H12N2O3S2/c1-8-6-20-13(14-8)15-11(16)7-19-10-4-2-9(3-5-10)12(17)18/h2-6H,7H2,1H3,(H,17,18)(H,14,15,16). The monoisotopic (exact) mass is 308 g/mol. The molecule has 1 amide bonds. The van der Waals surface area contributed by atoms with Gasteiger partial charge in [-0.2, -0.15) is 0 Å². The molecule has 7 heteroatoms. The van der Waals surface area contributed by atoms with Crippen LogP contribution in [0.15, 0.2) is 34.5 Å². The first-order valence-corrected chi connectivity index (χ1v) is 7.59.